The Morgan fingerprint density at radius 2 is 2.15 bits per heavy atom. The minimum Gasteiger partial charge on any atom is -0.481 e. The molecule has 0 bridgehead atoms. The van der Waals surface area contributed by atoms with Crippen LogP contribution in [0.1, 0.15) is 30.1 Å². The number of hydrogen-bond donors (Lipinski definition) is 1. The zero-order valence-corrected chi connectivity index (χ0v) is 11.7. The van der Waals surface area contributed by atoms with E-state index in [-0.39, 0.29) is 11.6 Å². The van der Waals surface area contributed by atoms with E-state index in [2.05, 4.69) is 0 Å². The van der Waals surface area contributed by atoms with E-state index >= 15 is 0 Å². The molecule has 0 aromatic heterocycles. The van der Waals surface area contributed by atoms with Crippen LogP contribution in [0.25, 0.3) is 0 Å². The van der Waals surface area contributed by atoms with E-state index in [1.807, 2.05) is 0 Å². The number of amides is 1. The van der Waals surface area contributed by atoms with Crippen LogP contribution in [0.15, 0.2) is 18.2 Å². The van der Waals surface area contributed by atoms with Gasteiger partial charge < -0.3 is 10.0 Å². The topological polar surface area (TPSA) is 57.6 Å². The highest BCUT2D eigenvalue weighted by Gasteiger charge is 2.33. The number of rotatable bonds is 2. The number of likely N-dealkylation sites (tertiary alicyclic amines) is 1. The van der Waals surface area contributed by atoms with Gasteiger partial charge >= 0.3 is 5.97 Å². The van der Waals surface area contributed by atoms with Crippen molar-refractivity contribution >= 4 is 23.5 Å². The van der Waals surface area contributed by atoms with Crippen LogP contribution in [0.5, 0.6) is 0 Å². The monoisotopic (exact) mass is 299 g/mol. The van der Waals surface area contributed by atoms with Crippen molar-refractivity contribution in [3.63, 3.8) is 0 Å². The van der Waals surface area contributed by atoms with Crippen LogP contribution in [-0.2, 0) is 4.79 Å². The Hall–Kier alpha value is -1.62. The van der Waals surface area contributed by atoms with Gasteiger partial charge in [-0.1, -0.05) is 11.6 Å². The maximum absolute atomic E-state index is 13.7. The smallest absolute Gasteiger partial charge is 0.306 e. The second-order valence-electron chi connectivity index (χ2n) is 5.03. The molecule has 0 aliphatic carbocycles. The summed E-state index contributed by atoms with van der Waals surface area (Å²) in [5.74, 6) is -2.36. The van der Waals surface area contributed by atoms with E-state index < -0.39 is 23.6 Å². The van der Waals surface area contributed by atoms with Gasteiger partial charge in [0.25, 0.3) is 5.91 Å². The van der Waals surface area contributed by atoms with Crippen LogP contribution in [0.2, 0.25) is 5.02 Å². The lowest BCUT2D eigenvalue weighted by molar-refractivity contribution is -0.143. The van der Waals surface area contributed by atoms with Crippen molar-refractivity contribution in [1.82, 2.24) is 4.90 Å². The summed E-state index contributed by atoms with van der Waals surface area (Å²) in [6, 6.07) is 3.60. The lowest BCUT2D eigenvalue weighted by Gasteiger charge is -2.36. The Morgan fingerprint density at radius 1 is 1.45 bits per heavy atom. The normalized spacial score (nSPS) is 22.6. The average molecular weight is 300 g/mol. The van der Waals surface area contributed by atoms with Crippen molar-refractivity contribution in [3.8, 4) is 0 Å². The molecule has 1 N–H and O–H groups in total. The summed E-state index contributed by atoms with van der Waals surface area (Å²) in [5.41, 5.74) is -0.0712. The number of carbonyl (C=O) groups excluding carboxylic acids is 1. The third-order valence-corrected chi connectivity index (χ3v) is 3.88. The number of aliphatic carboxylic acids is 1. The van der Waals surface area contributed by atoms with Crippen molar-refractivity contribution in [2.24, 2.45) is 5.92 Å². The van der Waals surface area contributed by atoms with Crippen LogP contribution in [0.4, 0.5) is 4.39 Å². The van der Waals surface area contributed by atoms with E-state index in [0.29, 0.717) is 24.4 Å². The highest BCUT2D eigenvalue weighted by Crippen LogP contribution is 2.26. The maximum atomic E-state index is 13.7. The van der Waals surface area contributed by atoms with Crippen molar-refractivity contribution in [3.05, 3.63) is 34.6 Å². The van der Waals surface area contributed by atoms with Crippen molar-refractivity contribution in [1.29, 1.82) is 0 Å². The van der Waals surface area contributed by atoms with Crippen LogP contribution in [0, 0.1) is 11.7 Å². The van der Waals surface area contributed by atoms with E-state index in [0.717, 1.165) is 6.07 Å². The third kappa shape index (κ3) is 2.93. The minimum absolute atomic E-state index is 0.0712. The Kier molecular flexibility index (Phi) is 4.28. The molecule has 6 heteroatoms. The van der Waals surface area contributed by atoms with Crippen LogP contribution >= 0.6 is 11.6 Å². The molecule has 1 aromatic rings. The molecule has 1 heterocycles. The van der Waals surface area contributed by atoms with Crippen LogP contribution in [-0.4, -0.2) is 34.5 Å². The predicted octanol–water partition coefficient (Wildman–Crippen LogP) is 2.80. The van der Waals surface area contributed by atoms with Gasteiger partial charge in [-0.2, -0.15) is 0 Å². The zero-order valence-electron chi connectivity index (χ0n) is 11.0. The second-order valence-corrected chi connectivity index (χ2v) is 5.47. The first kappa shape index (κ1) is 14.8. The summed E-state index contributed by atoms with van der Waals surface area (Å²) in [6.45, 7) is 2.08. The molecule has 2 atom stereocenters. The fourth-order valence-corrected chi connectivity index (χ4v) is 2.69. The van der Waals surface area contributed by atoms with Gasteiger partial charge in [0.1, 0.15) is 5.82 Å². The fraction of sp³-hybridized carbons (Fsp3) is 0.429. The Morgan fingerprint density at radius 3 is 2.75 bits per heavy atom. The highest BCUT2D eigenvalue weighted by molar-refractivity contribution is 6.31. The number of benzene rings is 1. The molecule has 4 nitrogen and oxygen atoms in total. The van der Waals surface area contributed by atoms with Gasteiger partial charge in [0.2, 0.25) is 0 Å². The molecule has 1 saturated heterocycles. The fourth-order valence-electron chi connectivity index (χ4n) is 2.51. The van der Waals surface area contributed by atoms with Crippen LogP contribution in [0.3, 0.4) is 0 Å². The molecular weight excluding hydrogens is 285 g/mol. The number of nitrogens with zero attached hydrogens (tertiary/aromatic N) is 1. The quantitative estimate of drug-likeness (QED) is 0.913. The van der Waals surface area contributed by atoms with E-state index in [1.54, 1.807) is 6.92 Å². The summed E-state index contributed by atoms with van der Waals surface area (Å²) in [7, 11) is 0. The first-order valence-corrected chi connectivity index (χ1v) is 6.76. The second kappa shape index (κ2) is 5.79. The maximum Gasteiger partial charge on any atom is 0.306 e. The molecule has 20 heavy (non-hydrogen) atoms. The summed E-state index contributed by atoms with van der Waals surface area (Å²) in [4.78, 5) is 24.8. The molecule has 1 aromatic carbocycles. The number of hydrogen-bond acceptors (Lipinski definition) is 2. The summed E-state index contributed by atoms with van der Waals surface area (Å²) < 4.78 is 13.7. The van der Waals surface area contributed by atoms with E-state index in [4.69, 9.17) is 16.7 Å². The summed E-state index contributed by atoms with van der Waals surface area (Å²) in [5, 5.41) is 9.29. The van der Waals surface area contributed by atoms with Gasteiger partial charge in [-0.3, -0.25) is 9.59 Å². The number of carbonyl (C=O) groups is 2. The van der Waals surface area contributed by atoms with Gasteiger partial charge in [0.15, 0.2) is 0 Å². The largest absolute Gasteiger partial charge is 0.481 e. The lowest BCUT2D eigenvalue weighted by atomic mass is 9.91. The molecule has 0 spiro atoms. The Balaban J connectivity index is 2.18. The van der Waals surface area contributed by atoms with E-state index in [1.165, 1.54) is 17.0 Å². The van der Waals surface area contributed by atoms with Crippen molar-refractivity contribution < 1.29 is 19.1 Å². The lowest BCUT2D eigenvalue weighted by Crippen LogP contribution is -2.46. The highest BCUT2D eigenvalue weighted by atomic mass is 35.5. The molecule has 1 fully saturated rings. The molecule has 2 rings (SSSR count). The number of carboxylic acids is 1. The Labute approximate surface area is 121 Å². The number of carboxylic acid groups (broad SMARTS) is 1. The number of halogens is 2. The molecule has 1 aliphatic heterocycles. The standard InChI is InChI=1S/C14H15ClFNO3/c1-8-6-9(14(19)20)4-5-17(8)13(18)11-7-10(15)2-3-12(11)16/h2-3,7-9H,4-6H2,1H3,(H,19,20). The summed E-state index contributed by atoms with van der Waals surface area (Å²) >= 11 is 5.79. The average Bonchev–Trinajstić information content (AvgIpc) is 2.40. The van der Waals surface area contributed by atoms with Gasteiger partial charge in [0.05, 0.1) is 11.5 Å². The van der Waals surface area contributed by atoms with Gasteiger partial charge in [-0.05, 0) is 38.0 Å². The molecule has 1 amide bonds. The van der Waals surface area contributed by atoms with Crippen molar-refractivity contribution in [2.75, 3.05) is 6.54 Å². The Bertz CT molecular complexity index is 549. The van der Waals surface area contributed by atoms with Gasteiger partial charge in [-0.15, -0.1) is 0 Å². The minimum atomic E-state index is -0.849. The predicted molar refractivity (Wildman–Crippen MR) is 72.3 cm³/mol. The molecule has 1 aliphatic rings. The molecule has 2 unspecified atom stereocenters. The molecule has 0 saturated carbocycles. The van der Waals surface area contributed by atoms with Crippen LogP contribution < -0.4 is 0 Å². The van der Waals surface area contributed by atoms with Gasteiger partial charge in [0, 0.05) is 17.6 Å². The zero-order chi connectivity index (χ0) is 14.9. The number of piperidine rings is 1. The van der Waals surface area contributed by atoms with Gasteiger partial charge in [-0.25, -0.2) is 4.39 Å². The van der Waals surface area contributed by atoms with Crippen molar-refractivity contribution in [2.45, 2.75) is 25.8 Å². The molecule has 108 valence electrons. The molecule has 0 radical (unpaired) electrons. The summed E-state index contributed by atoms with van der Waals surface area (Å²) in [6.07, 6.45) is 0.761. The third-order valence-electron chi connectivity index (χ3n) is 3.65. The first-order chi connectivity index (χ1) is 9.40. The molecular formula is C14H15ClFNO3. The van der Waals surface area contributed by atoms with E-state index in [9.17, 15) is 14.0 Å². The first-order valence-electron chi connectivity index (χ1n) is 6.39. The SMILES string of the molecule is CC1CC(C(=O)O)CCN1C(=O)c1cc(Cl)ccc1F.